The number of hydrogen-bond acceptors (Lipinski definition) is 1. The van der Waals surface area contributed by atoms with Crippen molar-refractivity contribution in [3.8, 4) is 0 Å². The third kappa shape index (κ3) is 1.52. The molecule has 1 nitrogen and oxygen atoms in total. The molecule has 0 amide bonds. The highest BCUT2D eigenvalue weighted by Crippen LogP contribution is 2.57. The summed E-state index contributed by atoms with van der Waals surface area (Å²) < 4.78 is 5.90. The van der Waals surface area contributed by atoms with Crippen LogP contribution in [0.2, 0.25) is 0 Å². The summed E-state index contributed by atoms with van der Waals surface area (Å²) >= 11 is 0. The molecule has 2 rings (SSSR count). The van der Waals surface area contributed by atoms with Gasteiger partial charge in [0.1, 0.15) is 0 Å². The van der Waals surface area contributed by atoms with E-state index in [1.54, 1.807) is 0 Å². The molecular formula is C11H20O. The summed E-state index contributed by atoms with van der Waals surface area (Å²) in [4.78, 5) is 0. The zero-order valence-corrected chi connectivity index (χ0v) is 8.52. The summed E-state index contributed by atoms with van der Waals surface area (Å²) in [5.74, 6) is 0. The largest absolute Gasteiger partial charge is 0.373 e. The SMILES string of the molecule is CC(C)(C)OC1CC2(CCC2)C1. The quantitative estimate of drug-likeness (QED) is 0.584. The maximum absolute atomic E-state index is 5.90. The molecule has 0 atom stereocenters. The van der Waals surface area contributed by atoms with Crippen LogP contribution >= 0.6 is 0 Å². The minimum atomic E-state index is 0.0655. The van der Waals surface area contributed by atoms with Gasteiger partial charge in [-0.25, -0.2) is 0 Å². The van der Waals surface area contributed by atoms with Gasteiger partial charge >= 0.3 is 0 Å². The molecule has 0 unspecified atom stereocenters. The van der Waals surface area contributed by atoms with Crippen molar-refractivity contribution in [2.45, 2.75) is 64.6 Å². The fourth-order valence-electron chi connectivity index (χ4n) is 2.57. The molecule has 2 fully saturated rings. The van der Waals surface area contributed by atoms with Crippen LogP contribution in [-0.2, 0) is 4.74 Å². The lowest BCUT2D eigenvalue weighted by molar-refractivity contribution is -0.165. The van der Waals surface area contributed by atoms with Crippen LogP contribution in [0.25, 0.3) is 0 Å². The van der Waals surface area contributed by atoms with Gasteiger partial charge in [0.25, 0.3) is 0 Å². The van der Waals surface area contributed by atoms with Crippen molar-refractivity contribution >= 4 is 0 Å². The summed E-state index contributed by atoms with van der Waals surface area (Å²) in [7, 11) is 0. The van der Waals surface area contributed by atoms with E-state index in [1.807, 2.05) is 0 Å². The predicted octanol–water partition coefficient (Wildman–Crippen LogP) is 3.13. The van der Waals surface area contributed by atoms with Crippen LogP contribution in [0, 0.1) is 5.41 Å². The maximum Gasteiger partial charge on any atom is 0.0602 e. The second kappa shape index (κ2) is 2.47. The van der Waals surface area contributed by atoms with Crippen molar-refractivity contribution in [3.05, 3.63) is 0 Å². The molecule has 0 N–H and O–H groups in total. The van der Waals surface area contributed by atoms with Gasteiger partial charge in [-0.05, 0) is 51.9 Å². The highest BCUT2D eigenvalue weighted by Gasteiger charge is 2.49. The lowest BCUT2D eigenvalue weighted by Gasteiger charge is -2.55. The lowest BCUT2D eigenvalue weighted by atomic mass is 9.55. The zero-order valence-electron chi connectivity index (χ0n) is 8.52. The van der Waals surface area contributed by atoms with Crippen molar-refractivity contribution in [2.75, 3.05) is 0 Å². The van der Waals surface area contributed by atoms with Crippen LogP contribution in [0.15, 0.2) is 0 Å². The van der Waals surface area contributed by atoms with Gasteiger partial charge in [-0.2, -0.15) is 0 Å². The fraction of sp³-hybridized carbons (Fsp3) is 1.00. The molecule has 0 aromatic carbocycles. The predicted molar refractivity (Wildman–Crippen MR) is 50.1 cm³/mol. The van der Waals surface area contributed by atoms with Crippen LogP contribution in [0.3, 0.4) is 0 Å². The summed E-state index contributed by atoms with van der Waals surface area (Å²) in [5, 5.41) is 0. The summed E-state index contributed by atoms with van der Waals surface area (Å²) in [5.41, 5.74) is 0.825. The van der Waals surface area contributed by atoms with Crippen molar-refractivity contribution in [3.63, 3.8) is 0 Å². The van der Waals surface area contributed by atoms with E-state index >= 15 is 0 Å². The lowest BCUT2D eigenvalue weighted by Crippen LogP contribution is -2.49. The van der Waals surface area contributed by atoms with E-state index in [0.717, 1.165) is 5.41 Å². The van der Waals surface area contributed by atoms with Crippen molar-refractivity contribution in [2.24, 2.45) is 5.41 Å². The minimum Gasteiger partial charge on any atom is -0.373 e. The van der Waals surface area contributed by atoms with Crippen LogP contribution in [-0.4, -0.2) is 11.7 Å². The van der Waals surface area contributed by atoms with Gasteiger partial charge < -0.3 is 4.74 Å². The van der Waals surface area contributed by atoms with Crippen LogP contribution in [0.5, 0.6) is 0 Å². The molecule has 2 aliphatic rings. The Morgan fingerprint density at radius 3 is 2.08 bits per heavy atom. The van der Waals surface area contributed by atoms with Gasteiger partial charge in [0.2, 0.25) is 0 Å². The van der Waals surface area contributed by atoms with E-state index < -0.39 is 0 Å². The molecule has 0 bridgehead atoms. The molecule has 0 heterocycles. The first-order chi connectivity index (χ1) is 5.49. The Morgan fingerprint density at radius 1 is 1.17 bits per heavy atom. The average molecular weight is 168 g/mol. The minimum absolute atomic E-state index is 0.0655. The Hall–Kier alpha value is -0.0400. The Labute approximate surface area is 75.5 Å². The number of ether oxygens (including phenoxy) is 1. The molecule has 0 saturated heterocycles. The molecule has 2 aliphatic carbocycles. The normalized spacial score (nSPS) is 28.2. The Morgan fingerprint density at radius 2 is 1.75 bits per heavy atom. The van der Waals surface area contributed by atoms with Crippen LogP contribution in [0.1, 0.15) is 52.9 Å². The van der Waals surface area contributed by atoms with Crippen molar-refractivity contribution < 1.29 is 4.74 Å². The topological polar surface area (TPSA) is 9.23 Å². The molecule has 0 aromatic rings. The van der Waals surface area contributed by atoms with Gasteiger partial charge in [0, 0.05) is 0 Å². The summed E-state index contributed by atoms with van der Waals surface area (Å²) in [6.07, 6.45) is 7.65. The smallest absolute Gasteiger partial charge is 0.0602 e. The van der Waals surface area contributed by atoms with E-state index in [0.29, 0.717) is 6.10 Å². The molecule has 1 spiro atoms. The number of rotatable bonds is 1. The molecule has 12 heavy (non-hydrogen) atoms. The first kappa shape index (κ1) is 8.55. The molecule has 70 valence electrons. The van der Waals surface area contributed by atoms with Crippen LogP contribution in [0.4, 0.5) is 0 Å². The number of hydrogen-bond donors (Lipinski definition) is 0. The van der Waals surface area contributed by atoms with E-state index in [4.69, 9.17) is 4.74 Å². The molecular weight excluding hydrogens is 148 g/mol. The van der Waals surface area contributed by atoms with E-state index in [2.05, 4.69) is 20.8 Å². The summed E-state index contributed by atoms with van der Waals surface area (Å²) in [6.45, 7) is 6.45. The summed E-state index contributed by atoms with van der Waals surface area (Å²) in [6, 6.07) is 0. The highest BCUT2D eigenvalue weighted by atomic mass is 16.5. The van der Waals surface area contributed by atoms with Gasteiger partial charge in [0.05, 0.1) is 11.7 Å². The third-order valence-corrected chi connectivity index (χ3v) is 3.26. The van der Waals surface area contributed by atoms with Gasteiger partial charge in [0.15, 0.2) is 0 Å². The molecule has 1 heteroatoms. The Balaban J connectivity index is 1.74. The zero-order chi connectivity index (χ0) is 8.82. The third-order valence-electron chi connectivity index (χ3n) is 3.26. The fourth-order valence-corrected chi connectivity index (χ4v) is 2.57. The maximum atomic E-state index is 5.90. The van der Waals surface area contributed by atoms with E-state index in [1.165, 1.54) is 32.1 Å². The van der Waals surface area contributed by atoms with Gasteiger partial charge in [-0.1, -0.05) is 6.42 Å². The van der Waals surface area contributed by atoms with Crippen LogP contribution < -0.4 is 0 Å². The first-order valence-electron chi connectivity index (χ1n) is 5.17. The highest BCUT2D eigenvalue weighted by molar-refractivity contribution is 5.00. The average Bonchev–Trinajstić information content (AvgIpc) is 1.69. The van der Waals surface area contributed by atoms with Crippen molar-refractivity contribution in [1.82, 2.24) is 0 Å². The van der Waals surface area contributed by atoms with Gasteiger partial charge in [-0.3, -0.25) is 0 Å². The Kier molecular flexibility index (Phi) is 1.76. The molecule has 0 radical (unpaired) electrons. The first-order valence-corrected chi connectivity index (χ1v) is 5.17. The van der Waals surface area contributed by atoms with E-state index in [-0.39, 0.29) is 5.60 Å². The second-order valence-corrected chi connectivity index (χ2v) is 5.61. The molecule has 0 aliphatic heterocycles. The van der Waals surface area contributed by atoms with Gasteiger partial charge in [-0.15, -0.1) is 0 Å². The van der Waals surface area contributed by atoms with E-state index in [9.17, 15) is 0 Å². The molecule has 0 aromatic heterocycles. The Bertz CT molecular complexity index is 166. The second-order valence-electron chi connectivity index (χ2n) is 5.61. The van der Waals surface area contributed by atoms with Crippen molar-refractivity contribution in [1.29, 1.82) is 0 Å². The standard InChI is InChI=1S/C11H20O/c1-10(2,3)12-9-7-11(8-9)5-4-6-11/h9H,4-8H2,1-3H3. The monoisotopic (exact) mass is 168 g/mol. The molecule has 2 saturated carbocycles.